The van der Waals surface area contributed by atoms with Crippen molar-refractivity contribution in [1.29, 1.82) is 0 Å². The van der Waals surface area contributed by atoms with Crippen LogP contribution in [0.15, 0.2) is 41.3 Å². The minimum absolute atomic E-state index is 0.261. The highest BCUT2D eigenvalue weighted by Crippen LogP contribution is 2.23. The van der Waals surface area contributed by atoms with E-state index in [0.29, 0.717) is 16.4 Å². The summed E-state index contributed by atoms with van der Waals surface area (Å²) in [6.45, 7) is 5.86. The molecule has 0 saturated heterocycles. The molecule has 2 N–H and O–H groups in total. The molecule has 2 aromatic rings. The molecular formula is C18H23N3O2S2. The van der Waals surface area contributed by atoms with Gasteiger partial charge in [0.05, 0.1) is 4.90 Å². The number of nitrogens with zero attached hydrogens (tertiary/aromatic N) is 1. The van der Waals surface area contributed by atoms with Crippen LogP contribution >= 0.6 is 12.2 Å². The van der Waals surface area contributed by atoms with E-state index in [1.165, 1.54) is 29.5 Å². The molecule has 0 unspecified atom stereocenters. The number of thiocarbonyl (C=S) groups is 1. The predicted octanol–water partition coefficient (Wildman–Crippen LogP) is 3.67. The SMILES string of the molecule is Cc1ccc(NC(=S)Nc2ccc(C)c(S(=O)(=O)N(C)C)c2)cc1C. The van der Waals surface area contributed by atoms with E-state index in [4.69, 9.17) is 12.2 Å². The Hall–Kier alpha value is -1.96. The molecule has 0 bridgehead atoms. The van der Waals surface area contributed by atoms with Crippen LogP contribution in [-0.4, -0.2) is 31.9 Å². The molecule has 0 radical (unpaired) electrons. The zero-order chi connectivity index (χ0) is 18.8. The van der Waals surface area contributed by atoms with Crippen molar-refractivity contribution in [2.24, 2.45) is 0 Å². The molecule has 2 aromatic carbocycles. The van der Waals surface area contributed by atoms with Gasteiger partial charge in [0, 0.05) is 25.5 Å². The Morgan fingerprint density at radius 2 is 1.40 bits per heavy atom. The summed E-state index contributed by atoms with van der Waals surface area (Å²) in [6.07, 6.45) is 0. The van der Waals surface area contributed by atoms with Crippen LogP contribution in [0.2, 0.25) is 0 Å². The number of benzene rings is 2. The summed E-state index contributed by atoms with van der Waals surface area (Å²) in [4.78, 5) is 0.261. The van der Waals surface area contributed by atoms with Crippen molar-refractivity contribution in [3.05, 3.63) is 53.1 Å². The van der Waals surface area contributed by atoms with Crippen LogP contribution in [0.1, 0.15) is 16.7 Å². The van der Waals surface area contributed by atoms with E-state index in [1.807, 2.05) is 25.1 Å². The Balaban J connectivity index is 2.20. The maximum absolute atomic E-state index is 12.4. The molecule has 0 atom stereocenters. The molecule has 0 aliphatic heterocycles. The van der Waals surface area contributed by atoms with Crippen molar-refractivity contribution >= 4 is 38.7 Å². The number of anilines is 2. The minimum atomic E-state index is -3.51. The van der Waals surface area contributed by atoms with Crippen molar-refractivity contribution in [3.63, 3.8) is 0 Å². The third-order valence-corrected chi connectivity index (χ3v) is 6.13. The molecule has 0 aliphatic rings. The molecule has 5 nitrogen and oxygen atoms in total. The molecule has 25 heavy (non-hydrogen) atoms. The Morgan fingerprint density at radius 1 is 0.880 bits per heavy atom. The summed E-state index contributed by atoms with van der Waals surface area (Å²) in [6, 6.07) is 11.1. The molecule has 0 aliphatic carbocycles. The van der Waals surface area contributed by atoms with Gasteiger partial charge in [0.15, 0.2) is 5.11 Å². The smallest absolute Gasteiger partial charge is 0.242 e. The van der Waals surface area contributed by atoms with E-state index in [2.05, 4.69) is 17.6 Å². The molecular weight excluding hydrogens is 354 g/mol. The highest BCUT2D eigenvalue weighted by Gasteiger charge is 2.20. The van der Waals surface area contributed by atoms with Crippen LogP contribution in [0.5, 0.6) is 0 Å². The van der Waals surface area contributed by atoms with Crippen molar-refractivity contribution < 1.29 is 8.42 Å². The summed E-state index contributed by atoms with van der Waals surface area (Å²) in [5.41, 5.74) is 4.57. The summed E-state index contributed by atoms with van der Waals surface area (Å²) >= 11 is 5.33. The second-order valence-corrected chi connectivity index (χ2v) is 8.67. The lowest BCUT2D eigenvalue weighted by Crippen LogP contribution is -2.24. The van der Waals surface area contributed by atoms with Crippen molar-refractivity contribution in [3.8, 4) is 0 Å². The fourth-order valence-electron chi connectivity index (χ4n) is 2.27. The number of nitrogens with one attached hydrogen (secondary N) is 2. The van der Waals surface area contributed by atoms with Gasteiger partial charge in [0.25, 0.3) is 0 Å². The zero-order valence-electron chi connectivity index (χ0n) is 15.0. The Morgan fingerprint density at radius 3 is 1.92 bits per heavy atom. The quantitative estimate of drug-likeness (QED) is 0.796. The number of hydrogen-bond donors (Lipinski definition) is 2. The van der Waals surface area contributed by atoms with Crippen molar-refractivity contribution in [1.82, 2.24) is 4.31 Å². The first-order valence-corrected chi connectivity index (χ1v) is 9.64. The first kappa shape index (κ1) is 19.4. The third-order valence-electron chi connectivity index (χ3n) is 3.97. The third kappa shape index (κ3) is 4.56. The monoisotopic (exact) mass is 377 g/mol. The van der Waals surface area contributed by atoms with Gasteiger partial charge in [0.1, 0.15) is 0 Å². The fraction of sp³-hybridized carbons (Fsp3) is 0.278. The van der Waals surface area contributed by atoms with Gasteiger partial charge in [-0.1, -0.05) is 12.1 Å². The second kappa shape index (κ2) is 7.51. The molecule has 0 amide bonds. The highest BCUT2D eigenvalue weighted by molar-refractivity contribution is 7.89. The van der Waals surface area contributed by atoms with Gasteiger partial charge in [-0.3, -0.25) is 0 Å². The lowest BCUT2D eigenvalue weighted by Gasteiger charge is -2.16. The van der Waals surface area contributed by atoms with E-state index in [-0.39, 0.29) is 4.90 Å². The van der Waals surface area contributed by atoms with E-state index in [0.717, 1.165) is 5.69 Å². The van der Waals surface area contributed by atoms with Gasteiger partial charge < -0.3 is 10.6 Å². The Labute approximate surface area is 155 Å². The summed E-state index contributed by atoms with van der Waals surface area (Å²) in [7, 11) is -0.476. The van der Waals surface area contributed by atoms with E-state index in [1.54, 1.807) is 25.1 Å². The van der Waals surface area contributed by atoms with Gasteiger partial charge in [-0.15, -0.1) is 0 Å². The average molecular weight is 378 g/mol. The Bertz CT molecular complexity index is 907. The number of aryl methyl sites for hydroxylation is 3. The molecule has 0 spiro atoms. The molecule has 7 heteroatoms. The van der Waals surface area contributed by atoms with Gasteiger partial charge in [-0.25, -0.2) is 12.7 Å². The molecule has 0 heterocycles. The lowest BCUT2D eigenvalue weighted by molar-refractivity contribution is 0.520. The fourth-order valence-corrected chi connectivity index (χ4v) is 3.64. The van der Waals surface area contributed by atoms with Crippen LogP contribution in [0.3, 0.4) is 0 Å². The predicted molar refractivity (Wildman–Crippen MR) is 108 cm³/mol. The topological polar surface area (TPSA) is 61.4 Å². The van der Waals surface area contributed by atoms with Crippen molar-refractivity contribution in [2.45, 2.75) is 25.7 Å². The molecule has 0 aromatic heterocycles. The Kier molecular flexibility index (Phi) is 5.82. The van der Waals surface area contributed by atoms with Gasteiger partial charge in [-0.2, -0.15) is 0 Å². The number of sulfonamides is 1. The van der Waals surface area contributed by atoms with Crippen LogP contribution < -0.4 is 10.6 Å². The van der Waals surface area contributed by atoms with E-state index in [9.17, 15) is 8.42 Å². The standard InChI is InChI=1S/C18H23N3O2S2/c1-12-6-8-15(10-14(12)3)19-18(24)20-16-9-7-13(2)17(11-16)25(22,23)21(4)5/h6-11H,1-5H3,(H2,19,20,24). The largest absolute Gasteiger partial charge is 0.332 e. The molecule has 0 saturated carbocycles. The van der Waals surface area contributed by atoms with Crippen LogP contribution in [0.4, 0.5) is 11.4 Å². The molecule has 0 fully saturated rings. The van der Waals surface area contributed by atoms with E-state index >= 15 is 0 Å². The lowest BCUT2D eigenvalue weighted by atomic mass is 10.1. The van der Waals surface area contributed by atoms with Crippen LogP contribution in [0.25, 0.3) is 0 Å². The summed E-state index contributed by atoms with van der Waals surface area (Å²) in [5, 5.41) is 6.56. The average Bonchev–Trinajstić information content (AvgIpc) is 2.52. The van der Waals surface area contributed by atoms with Crippen LogP contribution in [-0.2, 0) is 10.0 Å². The van der Waals surface area contributed by atoms with Gasteiger partial charge in [0.2, 0.25) is 10.0 Å². The first-order chi connectivity index (χ1) is 11.6. The number of hydrogen-bond acceptors (Lipinski definition) is 3. The summed E-state index contributed by atoms with van der Waals surface area (Å²) < 4.78 is 26.0. The van der Waals surface area contributed by atoms with Gasteiger partial charge >= 0.3 is 0 Å². The van der Waals surface area contributed by atoms with Crippen molar-refractivity contribution in [2.75, 3.05) is 24.7 Å². The maximum Gasteiger partial charge on any atom is 0.242 e. The highest BCUT2D eigenvalue weighted by atomic mass is 32.2. The van der Waals surface area contributed by atoms with Crippen LogP contribution in [0, 0.1) is 20.8 Å². The second-order valence-electron chi connectivity index (χ2n) is 6.15. The van der Waals surface area contributed by atoms with E-state index < -0.39 is 10.0 Å². The first-order valence-electron chi connectivity index (χ1n) is 7.79. The molecule has 2 rings (SSSR count). The molecule has 134 valence electrons. The summed E-state index contributed by atoms with van der Waals surface area (Å²) in [5.74, 6) is 0. The maximum atomic E-state index is 12.4. The normalized spacial score (nSPS) is 11.4. The number of rotatable bonds is 4. The van der Waals surface area contributed by atoms with Gasteiger partial charge in [-0.05, 0) is 73.9 Å². The zero-order valence-corrected chi connectivity index (χ0v) is 16.7. The minimum Gasteiger partial charge on any atom is -0.332 e.